The summed E-state index contributed by atoms with van der Waals surface area (Å²) < 4.78 is 31.5. The van der Waals surface area contributed by atoms with E-state index in [1.165, 1.54) is 6.07 Å². The van der Waals surface area contributed by atoms with Crippen LogP contribution in [0, 0.1) is 11.6 Å². The lowest BCUT2D eigenvalue weighted by atomic mass is 10.2. The van der Waals surface area contributed by atoms with E-state index in [-0.39, 0.29) is 18.0 Å². The molecule has 0 fully saturated rings. The molecule has 0 atom stereocenters. The van der Waals surface area contributed by atoms with Crippen molar-refractivity contribution in [3.8, 4) is 5.75 Å². The molecule has 0 aliphatic heterocycles. The van der Waals surface area contributed by atoms with E-state index >= 15 is 0 Å². The molecular weight excluding hydrogens is 302 g/mol. The number of nitrogens with one attached hydrogen (secondary N) is 2. The van der Waals surface area contributed by atoms with Crippen LogP contribution in [0.2, 0.25) is 0 Å². The van der Waals surface area contributed by atoms with Gasteiger partial charge in [-0.2, -0.15) is 0 Å². The molecule has 0 aliphatic carbocycles. The lowest BCUT2D eigenvalue weighted by Gasteiger charge is -2.09. The Morgan fingerprint density at radius 3 is 2.52 bits per heavy atom. The summed E-state index contributed by atoms with van der Waals surface area (Å²) in [5.74, 6) is -1.05. The smallest absolute Gasteiger partial charge is 0.226 e. The molecule has 0 radical (unpaired) electrons. The van der Waals surface area contributed by atoms with Crippen molar-refractivity contribution in [2.24, 2.45) is 0 Å². The second kappa shape index (κ2) is 8.12. The standard InChI is InChI=1S/C17H18F2N2O2/c1-2-23-14-6-4-13(5-7-14)20-10-9-17(22)21-16-8-3-12(18)11-15(16)19/h3-8,11,20H,2,9-10H2,1H3,(H,21,22). The number of benzene rings is 2. The number of halogens is 2. The van der Waals surface area contributed by atoms with Crippen LogP contribution < -0.4 is 15.4 Å². The largest absolute Gasteiger partial charge is 0.494 e. The minimum atomic E-state index is -0.794. The normalized spacial score (nSPS) is 10.2. The topological polar surface area (TPSA) is 50.4 Å². The first-order chi connectivity index (χ1) is 11.1. The van der Waals surface area contributed by atoms with Gasteiger partial charge >= 0.3 is 0 Å². The Hall–Kier alpha value is -2.63. The molecule has 0 saturated carbocycles. The molecule has 0 bridgehead atoms. The zero-order valence-electron chi connectivity index (χ0n) is 12.7. The number of hydrogen-bond donors (Lipinski definition) is 2. The molecule has 2 rings (SSSR count). The van der Waals surface area contributed by atoms with Crippen molar-refractivity contribution in [1.29, 1.82) is 0 Å². The maximum Gasteiger partial charge on any atom is 0.226 e. The van der Waals surface area contributed by atoms with Gasteiger partial charge in [0.15, 0.2) is 0 Å². The predicted molar refractivity (Wildman–Crippen MR) is 85.7 cm³/mol. The van der Waals surface area contributed by atoms with Crippen molar-refractivity contribution in [3.05, 3.63) is 54.1 Å². The van der Waals surface area contributed by atoms with Crippen molar-refractivity contribution in [1.82, 2.24) is 0 Å². The number of ether oxygens (including phenoxy) is 1. The van der Waals surface area contributed by atoms with Crippen LogP contribution in [0.1, 0.15) is 13.3 Å². The fourth-order valence-electron chi connectivity index (χ4n) is 1.96. The molecule has 23 heavy (non-hydrogen) atoms. The highest BCUT2D eigenvalue weighted by Crippen LogP contribution is 2.16. The first kappa shape index (κ1) is 16.7. The van der Waals surface area contributed by atoms with Gasteiger partial charge in [0.25, 0.3) is 0 Å². The Bertz CT molecular complexity index is 660. The van der Waals surface area contributed by atoms with Gasteiger partial charge in [-0.1, -0.05) is 0 Å². The van der Waals surface area contributed by atoms with Gasteiger partial charge in [-0.05, 0) is 43.3 Å². The van der Waals surface area contributed by atoms with E-state index in [9.17, 15) is 13.6 Å². The lowest BCUT2D eigenvalue weighted by molar-refractivity contribution is -0.116. The maximum atomic E-state index is 13.4. The zero-order chi connectivity index (χ0) is 16.7. The molecule has 2 aromatic carbocycles. The molecular formula is C17H18F2N2O2. The fraction of sp³-hybridized carbons (Fsp3) is 0.235. The first-order valence-electron chi connectivity index (χ1n) is 7.30. The number of carbonyl (C=O) groups excluding carboxylic acids is 1. The highest BCUT2D eigenvalue weighted by molar-refractivity contribution is 5.91. The second-order valence-electron chi connectivity index (χ2n) is 4.81. The van der Waals surface area contributed by atoms with Gasteiger partial charge in [-0.15, -0.1) is 0 Å². The Morgan fingerprint density at radius 2 is 1.87 bits per heavy atom. The quantitative estimate of drug-likeness (QED) is 0.816. The van der Waals surface area contributed by atoms with Gasteiger partial charge in [-0.3, -0.25) is 4.79 Å². The maximum absolute atomic E-state index is 13.4. The summed E-state index contributed by atoms with van der Waals surface area (Å²) in [5.41, 5.74) is 0.826. The van der Waals surface area contributed by atoms with Gasteiger partial charge < -0.3 is 15.4 Å². The van der Waals surface area contributed by atoms with Gasteiger partial charge in [-0.25, -0.2) is 8.78 Å². The average molecular weight is 320 g/mol. The molecule has 0 aliphatic rings. The van der Waals surface area contributed by atoms with Crippen LogP contribution in [0.3, 0.4) is 0 Å². The molecule has 0 saturated heterocycles. The van der Waals surface area contributed by atoms with Crippen LogP contribution >= 0.6 is 0 Å². The third kappa shape index (κ3) is 5.25. The number of amides is 1. The van der Waals surface area contributed by atoms with E-state index in [1.54, 1.807) is 0 Å². The molecule has 0 spiro atoms. The van der Waals surface area contributed by atoms with Crippen molar-refractivity contribution in [2.45, 2.75) is 13.3 Å². The second-order valence-corrected chi connectivity index (χ2v) is 4.81. The summed E-state index contributed by atoms with van der Waals surface area (Å²) in [6.07, 6.45) is 0.157. The molecule has 6 heteroatoms. The minimum Gasteiger partial charge on any atom is -0.494 e. The summed E-state index contributed by atoms with van der Waals surface area (Å²) in [5, 5.41) is 5.49. The van der Waals surface area contributed by atoms with Gasteiger partial charge in [0.1, 0.15) is 17.4 Å². The summed E-state index contributed by atoms with van der Waals surface area (Å²) in [6.45, 7) is 2.91. The Labute approximate surface area is 133 Å². The Morgan fingerprint density at radius 1 is 1.13 bits per heavy atom. The fourth-order valence-corrected chi connectivity index (χ4v) is 1.96. The van der Waals surface area contributed by atoms with Crippen molar-refractivity contribution in [3.63, 3.8) is 0 Å². The van der Waals surface area contributed by atoms with Gasteiger partial charge in [0, 0.05) is 24.7 Å². The Balaban J connectivity index is 1.78. The molecule has 0 aromatic heterocycles. The van der Waals surface area contributed by atoms with E-state index in [1.807, 2.05) is 31.2 Å². The van der Waals surface area contributed by atoms with Crippen LogP contribution in [-0.2, 0) is 4.79 Å². The van der Waals surface area contributed by atoms with Crippen LogP contribution in [0.25, 0.3) is 0 Å². The monoisotopic (exact) mass is 320 g/mol. The SMILES string of the molecule is CCOc1ccc(NCCC(=O)Nc2ccc(F)cc2F)cc1. The number of anilines is 2. The van der Waals surface area contributed by atoms with Crippen LogP contribution in [0.4, 0.5) is 20.2 Å². The first-order valence-corrected chi connectivity index (χ1v) is 7.30. The molecule has 4 nitrogen and oxygen atoms in total. The molecule has 2 N–H and O–H groups in total. The minimum absolute atomic E-state index is 0.0301. The average Bonchev–Trinajstić information content (AvgIpc) is 2.52. The molecule has 0 unspecified atom stereocenters. The third-order valence-corrected chi connectivity index (χ3v) is 3.05. The lowest BCUT2D eigenvalue weighted by Crippen LogP contribution is -2.17. The molecule has 2 aromatic rings. The summed E-state index contributed by atoms with van der Waals surface area (Å²) in [6, 6.07) is 10.4. The summed E-state index contributed by atoms with van der Waals surface area (Å²) in [7, 11) is 0. The van der Waals surface area contributed by atoms with Crippen molar-refractivity contribution >= 4 is 17.3 Å². The van der Waals surface area contributed by atoms with Crippen molar-refractivity contribution in [2.75, 3.05) is 23.8 Å². The highest BCUT2D eigenvalue weighted by Gasteiger charge is 2.07. The summed E-state index contributed by atoms with van der Waals surface area (Å²) in [4.78, 5) is 11.7. The van der Waals surface area contributed by atoms with Crippen molar-refractivity contribution < 1.29 is 18.3 Å². The van der Waals surface area contributed by atoms with E-state index < -0.39 is 11.6 Å². The van der Waals surface area contributed by atoms with Crippen LogP contribution in [-0.4, -0.2) is 19.1 Å². The number of rotatable bonds is 7. The van der Waals surface area contributed by atoms with E-state index in [0.29, 0.717) is 13.2 Å². The van der Waals surface area contributed by atoms with Gasteiger partial charge in [0.2, 0.25) is 5.91 Å². The predicted octanol–water partition coefficient (Wildman–Crippen LogP) is 3.80. The van der Waals surface area contributed by atoms with E-state index in [0.717, 1.165) is 23.6 Å². The molecule has 0 heterocycles. The van der Waals surface area contributed by atoms with E-state index in [2.05, 4.69) is 10.6 Å². The molecule has 122 valence electrons. The van der Waals surface area contributed by atoms with Gasteiger partial charge in [0.05, 0.1) is 12.3 Å². The Kier molecular flexibility index (Phi) is 5.91. The number of carbonyl (C=O) groups is 1. The summed E-state index contributed by atoms with van der Waals surface area (Å²) >= 11 is 0. The zero-order valence-corrected chi connectivity index (χ0v) is 12.7. The third-order valence-electron chi connectivity index (χ3n) is 3.05. The number of hydrogen-bond acceptors (Lipinski definition) is 3. The van der Waals surface area contributed by atoms with E-state index in [4.69, 9.17) is 4.74 Å². The van der Waals surface area contributed by atoms with Crippen LogP contribution in [0.15, 0.2) is 42.5 Å². The molecule has 1 amide bonds. The van der Waals surface area contributed by atoms with Crippen LogP contribution in [0.5, 0.6) is 5.75 Å². The highest BCUT2D eigenvalue weighted by atomic mass is 19.1.